The number of nitrogens with one attached hydrogen (secondary N) is 1. The summed E-state index contributed by atoms with van der Waals surface area (Å²) in [7, 11) is 1.35. The maximum atomic E-state index is 14.2. The lowest BCUT2D eigenvalue weighted by Crippen LogP contribution is -2.30. The molecule has 3 rings (SSSR count). The SMILES string of the molecule is CCn1c(=NCC(C)(C)C(=O)OC)sc2cc(C(=O)Oc3ccc(C(=N)N)cc3F)ccc21. The van der Waals surface area contributed by atoms with E-state index in [1.807, 2.05) is 11.5 Å². The van der Waals surface area contributed by atoms with E-state index < -0.39 is 17.2 Å². The van der Waals surface area contributed by atoms with E-state index in [0.717, 1.165) is 16.3 Å². The van der Waals surface area contributed by atoms with E-state index in [1.54, 1.807) is 32.0 Å². The number of nitrogens with zero attached hydrogens (tertiary/aromatic N) is 2. The zero-order valence-electron chi connectivity index (χ0n) is 18.8. The molecule has 1 heterocycles. The number of carbonyl (C=O) groups excluding carboxylic acids is 2. The summed E-state index contributed by atoms with van der Waals surface area (Å²) >= 11 is 1.38. The number of methoxy groups -OCH3 is 1. The van der Waals surface area contributed by atoms with Crippen LogP contribution in [-0.4, -0.2) is 36.0 Å². The van der Waals surface area contributed by atoms with Gasteiger partial charge in [-0.05, 0) is 57.2 Å². The van der Waals surface area contributed by atoms with Gasteiger partial charge in [0.2, 0.25) is 0 Å². The fourth-order valence-electron chi connectivity index (χ4n) is 3.14. The number of fused-ring (bicyclic) bond motifs is 1. The van der Waals surface area contributed by atoms with Gasteiger partial charge in [0.1, 0.15) is 5.84 Å². The van der Waals surface area contributed by atoms with E-state index >= 15 is 0 Å². The molecule has 0 fully saturated rings. The number of esters is 2. The summed E-state index contributed by atoms with van der Waals surface area (Å²) in [4.78, 5) is 29.9. The number of rotatable bonds is 7. The number of hydrogen-bond acceptors (Lipinski definition) is 7. The number of benzene rings is 2. The zero-order valence-corrected chi connectivity index (χ0v) is 19.6. The maximum absolute atomic E-state index is 14.2. The summed E-state index contributed by atoms with van der Waals surface area (Å²) in [5, 5.41) is 7.36. The predicted octanol–water partition coefficient (Wildman–Crippen LogP) is 3.46. The Balaban J connectivity index is 1.91. The topological polar surface area (TPSA) is 120 Å². The van der Waals surface area contributed by atoms with Crippen LogP contribution in [0.1, 0.15) is 36.7 Å². The van der Waals surface area contributed by atoms with Crippen LogP contribution in [-0.2, 0) is 16.1 Å². The van der Waals surface area contributed by atoms with Crippen molar-refractivity contribution >= 4 is 39.3 Å². The van der Waals surface area contributed by atoms with Crippen molar-refractivity contribution < 1.29 is 23.5 Å². The van der Waals surface area contributed by atoms with Crippen molar-refractivity contribution in [3.63, 3.8) is 0 Å². The van der Waals surface area contributed by atoms with Gasteiger partial charge in [-0.2, -0.15) is 0 Å². The highest BCUT2D eigenvalue weighted by molar-refractivity contribution is 7.16. The molecule has 1 aromatic heterocycles. The molecule has 174 valence electrons. The van der Waals surface area contributed by atoms with Crippen molar-refractivity contribution in [1.29, 1.82) is 5.41 Å². The minimum atomic E-state index is -0.786. The van der Waals surface area contributed by atoms with Crippen LogP contribution in [0.2, 0.25) is 0 Å². The monoisotopic (exact) mass is 472 g/mol. The molecule has 3 N–H and O–H groups in total. The van der Waals surface area contributed by atoms with E-state index in [4.69, 9.17) is 20.6 Å². The molecule has 0 bridgehead atoms. The summed E-state index contributed by atoms with van der Waals surface area (Å²) in [6.45, 7) is 6.41. The number of nitrogen functional groups attached to an aromatic ring is 1. The summed E-state index contributed by atoms with van der Waals surface area (Å²) in [6, 6.07) is 8.77. The lowest BCUT2D eigenvalue weighted by molar-refractivity contribution is -0.150. The van der Waals surface area contributed by atoms with Gasteiger partial charge in [0.05, 0.1) is 34.8 Å². The second-order valence-electron chi connectivity index (χ2n) is 7.95. The smallest absolute Gasteiger partial charge is 0.343 e. The number of amidine groups is 1. The standard InChI is InChI=1S/C23H25FN4O4S/c1-5-28-16-8-6-14(20(29)32-17-9-7-13(19(25)26)10-15(17)24)11-18(16)33-22(28)27-12-23(2,3)21(30)31-4/h6-11H,5,12H2,1-4H3,(H3,25,26). The molecule has 0 aliphatic carbocycles. The fraction of sp³-hybridized carbons (Fsp3) is 0.304. The number of halogens is 1. The van der Waals surface area contributed by atoms with Crippen LogP contribution in [0.15, 0.2) is 41.4 Å². The lowest BCUT2D eigenvalue weighted by atomic mass is 9.94. The molecule has 2 aromatic carbocycles. The van der Waals surface area contributed by atoms with Crippen LogP contribution in [0, 0.1) is 16.6 Å². The fourth-order valence-corrected chi connectivity index (χ4v) is 4.27. The Hall–Kier alpha value is -3.53. The average Bonchev–Trinajstić information content (AvgIpc) is 3.14. The summed E-state index contributed by atoms with van der Waals surface area (Å²) in [5.74, 6) is -2.38. The van der Waals surface area contributed by atoms with Gasteiger partial charge in [0.15, 0.2) is 16.4 Å². The molecule has 0 aliphatic heterocycles. The molecule has 0 amide bonds. The highest BCUT2D eigenvalue weighted by atomic mass is 32.1. The van der Waals surface area contributed by atoms with Crippen molar-refractivity contribution in [1.82, 2.24) is 4.57 Å². The molecule has 10 heteroatoms. The highest BCUT2D eigenvalue weighted by Crippen LogP contribution is 2.23. The first-order valence-corrected chi connectivity index (χ1v) is 11.0. The number of aryl methyl sites for hydroxylation is 1. The molecule has 3 aromatic rings. The van der Waals surface area contributed by atoms with E-state index in [1.165, 1.54) is 30.6 Å². The molecule has 33 heavy (non-hydrogen) atoms. The lowest BCUT2D eigenvalue weighted by Gasteiger charge is -2.18. The molecular weight excluding hydrogens is 447 g/mol. The third-order valence-electron chi connectivity index (χ3n) is 5.03. The van der Waals surface area contributed by atoms with Gasteiger partial charge in [-0.1, -0.05) is 11.3 Å². The largest absolute Gasteiger partial charge is 0.469 e. The quantitative estimate of drug-likeness (QED) is 0.236. The molecule has 0 spiro atoms. The first kappa shape index (κ1) is 24.1. The molecule has 0 atom stereocenters. The van der Waals surface area contributed by atoms with Gasteiger partial charge < -0.3 is 19.8 Å². The predicted molar refractivity (Wildman–Crippen MR) is 124 cm³/mol. The molecular formula is C23H25FN4O4S. The van der Waals surface area contributed by atoms with Crippen molar-refractivity contribution in [2.45, 2.75) is 27.3 Å². The van der Waals surface area contributed by atoms with Crippen LogP contribution in [0.25, 0.3) is 10.2 Å². The third-order valence-corrected chi connectivity index (χ3v) is 6.11. The molecule has 8 nitrogen and oxygen atoms in total. The normalized spacial score (nSPS) is 12.1. The number of ether oxygens (including phenoxy) is 2. The highest BCUT2D eigenvalue weighted by Gasteiger charge is 2.28. The maximum Gasteiger partial charge on any atom is 0.343 e. The van der Waals surface area contributed by atoms with Crippen LogP contribution in [0.5, 0.6) is 5.75 Å². The van der Waals surface area contributed by atoms with Crippen molar-refractivity contribution in [2.75, 3.05) is 13.7 Å². The Bertz CT molecular complexity index is 1310. The molecule has 0 saturated carbocycles. The van der Waals surface area contributed by atoms with Gasteiger partial charge in [-0.15, -0.1) is 0 Å². The van der Waals surface area contributed by atoms with Crippen LogP contribution < -0.4 is 15.3 Å². The van der Waals surface area contributed by atoms with E-state index in [-0.39, 0.29) is 35.2 Å². The summed E-state index contributed by atoms with van der Waals surface area (Å²) < 4.78 is 27.1. The van der Waals surface area contributed by atoms with Crippen molar-refractivity contribution in [3.8, 4) is 5.75 Å². The Labute approximate surface area is 194 Å². The number of aromatic nitrogens is 1. The minimum Gasteiger partial charge on any atom is -0.469 e. The number of thiazole rings is 1. The summed E-state index contributed by atoms with van der Waals surface area (Å²) in [6.07, 6.45) is 0. The average molecular weight is 473 g/mol. The van der Waals surface area contributed by atoms with Crippen LogP contribution in [0.4, 0.5) is 4.39 Å². The number of nitrogens with two attached hydrogens (primary N) is 1. The molecule has 0 unspecified atom stereocenters. The van der Waals surface area contributed by atoms with Gasteiger partial charge in [-0.25, -0.2) is 9.18 Å². The Morgan fingerprint density at radius 3 is 2.52 bits per heavy atom. The van der Waals surface area contributed by atoms with Gasteiger partial charge in [0, 0.05) is 12.1 Å². The van der Waals surface area contributed by atoms with Crippen molar-refractivity contribution in [3.05, 3.63) is 58.1 Å². The second kappa shape index (κ2) is 9.53. The van der Waals surface area contributed by atoms with Crippen LogP contribution in [0.3, 0.4) is 0 Å². The third kappa shape index (κ3) is 5.11. The van der Waals surface area contributed by atoms with E-state index in [2.05, 4.69) is 4.99 Å². The second-order valence-corrected chi connectivity index (χ2v) is 8.96. The van der Waals surface area contributed by atoms with E-state index in [0.29, 0.717) is 11.3 Å². The molecule has 0 aliphatic rings. The number of hydrogen-bond donors (Lipinski definition) is 2. The van der Waals surface area contributed by atoms with Gasteiger partial charge >= 0.3 is 11.9 Å². The zero-order chi connectivity index (χ0) is 24.3. The van der Waals surface area contributed by atoms with Gasteiger partial charge in [0.25, 0.3) is 0 Å². The van der Waals surface area contributed by atoms with E-state index in [9.17, 15) is 14.0 Å². The van der Waals surface area contributed by atoms with Crippen LogP contribution >= 0.6 is 11.3 Å². The molecule has 0 radical (unpaired) electrons. The number of carbonyl (C=O) groups is 2. The first-order chi connectivity index (χ1) is 15.6. The summed E-state index contributed by atoms with van der Waals surface area (Å²) in [5.41, 5.74) is 5.91. The van der Waals surface area contributed by atoms with Gasteiger partial charge in [-0.3, -0.25) is 15.2 Å². The Morgan fingerprint density at radius 1 is 1.21 bits per heavy atom. The first-order valence-electron chi connectivity index (χ1n) is 10.2. The minimum absolute atomic E-state index is 0.197. The Kier molecular flexibility index (Phi) is 6.97. The van der Waals surface area contributed by atoms with Crippen molar-refractivity contribution in [2.24, 2.45) is 16.1 Å². The Morgan fingerprint density at radius 2 is 1.91 bits per heavy atom. The molecule has 0 saturated heterocycles.